The van der Waals surface area contributed by atoms with Gasteiger partial charge in [-0.1, -0.05) is 35.0 Å². The lowest BCUT2D eigenvalue weighted by Crippen LogP contribution is -2.24. The second kappa shape index (κ2) is 6.67. The van der Waals surface area contributed by atoms with Gasteiger partial charge in [-0.15, -0.1) is 0 Å². The number of hydrogen-bond acceptors (Lipinski definition) is 2. The Morgan fingerprint density at radius 2 is 2.25 bits per heavy atom. The second-order valence-corrected chi connectivity index (χ2v) is 4.98. The van der Waals surface area contributed by atoms with Gasteiger partial charge < -0.3 is 4.90 Å². The first-order chi connectivity index (χ1) is 7.65. The van der Waals surface area contributed by atoms with E-state index in [1.807, 2.05) is 12.1 Å². The molecule has 2 nitrogen and oxygen atoms in total. The summed E-state index contributed by atoms with van der Waals surface area (Å²) in [6.07, 6.45) is 0.916. The first kappa shape index (κ1) is 13.2. The van der Waals surface area contributed by atoms with Crippen LogP contribution in [-0.2, 0) is 6.54 Å². The molecule has 16 heavy (non-hydrogen) atoms. The summed E-state index contributed by atoms with van der Waals surface area (Å²) in [6, 6.07) is 10.6. The number of nitrogens with zero attached hydrogens (tertiary/aromatic N) is 2. The molecule has 3 heteroatoms. The molecule has 0 amide bonds. The number of benzene rings is 1. The highest BCUT2D eigenvalue weighted by atomic mass is 79.9. The van der Waals surface area contributed by atoms with Gasteiger partial charge in [-0.2, -0.15) is 5.26 Å². The largest absolute Gasteiger partial charge is 0.301 e. The molecule has 1 aromatic rings. The summed E-state index contributed by atoms with van der Waals surface area (Å²) in [6.45, 7) is 3.78. The van der Waals surface area contributed by atoms with Crippen LogP contribution in [0, 0.1) is 17.2 Å². The zero-order valence-corrected chi connectivity index (χ0v) is 11.4. The Kier molecular flexibility index (Phi) is 5.51. The van der Waals surface area contributed by atoms with E-state index in [9.17, 15) is 0 Å². The second-order valence-electron chi connectivity index (χ2n) is 4.06. The molecule has 86 valence electrons. The van der Waals surface area contributed by atoms with E-state index in [4.69, 9.17) is 5.26 Å². The molecule has 0 saturated heterocycles. The van der Waals surface area contributed by atoms with Crippen molar-refractivity contribution in [3.05, 3.63) is 34.3 Å². The zero-order valence-electron chi connectivity index (χ0n) is 9.78. The van der Waals surface area contributed by atoms with Crippen LogP contribution >= 0.6 is 15.9 Å². The van der Waals surface area contributed by atoms with Gasteiger partial charge in [-0.05, 0) is 31.2 Å². The summed E-state index contributed by atoms with van der Waals surface area (Å²) < 4.78 is 1.10. The lowest BCUT2D eigenvalue weighted by atomic mass is 10.1. The first-order valence-electron chi connectivity index (χ1n) is 5.48. The van der Waals surface area contributed by atoms with Crippen molar-refractivity contribution < 1.29 is 0 Å². The molecule has 0 aliphatic rings. The summed E-state index contributed by atoms with van der Waals surface area (Å²) in [5.41, 5.74) is 1.27. The highest BCUT2D eigenvalue weighted by molar-refractivity contribution is 9.10. The molecule has 0 aliphatic heterocycles. The Labute approximate surface area is 106 Å². The van der Waals surface area contributed by atoms with Crippen molar-refractivity contribution in [3.8, 4) is 6.07 Å². The molecule has 0 aromatic heterocycles. The number of halogens is 1. The van der Waals surface area contributed by atoms with E-state index in [-0.39, 0.29) is 5.92 Å². The van der Waals surface area contributed by atoms with E-state index in [0.29, 0.717) is 0 Å². The molecule has 0 saturated carbocycles. The molecular formula is C13H17BrN2. The predicted octanol–water partition coefficient (Wildman–Crippen LogP) is 3.43. The molecule has 0 spiro atoms. The molecule has 1 rings (SSSR count). The predicted molar refractivity (Wildman–Crippen MR) is 69.9 cm³/mol. The Balaban J connectivity index is 2.51. The Bertz CT molecular complexity index is 370. The molecular weight excluding hydrogens is 264 g/mol. The van der Waals surface area contributed by atoms with Gasteiger partial charge in [0.05, 0.1) is 12.0 Å². The number of rotatable bonds is 5. The van der Waals surface area contributed by atoms with E-state index >= 15 is 0 Å². The fourth-order valence-corrected chi connectivity index (χ4v) is 2.10. The van der Waals surface area contributed by atoms with Crippen molar-refractivity contribution in [1.82, 2.24) is 4.90 Å². The smallest absolute Gasteiger partial charge is 0.0669 e. The van der Waals surface area contributed by atoms with Crippen molar-refractivity contribution in [2.24, 2.45) is 5.92 Å². The van der Waals surface area contributed by atoms with Crippen molar-refractivity contribution in [3.63, 3.8) is 0 Å². The maximum atomic E-state index is 8.90. The number of nitriles is 1. The van der Waals surface area contributed by atoms with Crippen LogP contribution in [0.1, 0.15) is 18.9 Å². The van der Waals surface area contributed by atoms with Crippen LogP contribution in [0.4, 0.5) is 0 Å². The van der Waals surface area contributed by atoms with Crippen LogP contribution in [0.15, 0.2) is 28.7 Å². The van der Waals surface area contributed by atoms with Crippen molar-refractivity contribution in [2.75, 3.05) is 13.6 Å². The maximum absolute atomic E-state index is 8.90. The number of hydrogen-bond donors (Lipinski definition) is 0. The molecule has 1 unspecified atom stereocenters. The SMILES string of the molecule is CCC(C#N)CN(C)Cc1cccc(Br)c1. The normalized spacial score (nSPS) is 12.4. The summed E-state index contributed by atoms with van der Waals surface area (Å²) >= 11 is 3.46. The molecule has 0 radical (unpaired) electrons. The molecule has 0 N–H and O–H groups in total. The van der Waals surface area contributed by atoms with E-state index in [1.165, 1.54) is 5.56 Å². The van der Waals surface area contributed by atoms with Gasteiger partial charge in [-0.3, -0.25) is 0 Å². The highest BCUT2D eigenvalue weighted by Gasteiger charge is 2.08. The minimum absolute atomic E-state index is 0.136. The molecule has 0 fully saturated rings. The van der Waals surface area contributed by atoms with Gasteiger partial charge in [0.1, 0.15) is 0 Å². The fraction of sp³-hybridized carbons (Fsp3) is 0.462. The topological polar surface area (TPSA) is 27.0 Å². The third-order valence-electron chi connectivity index (χ3n) is 2.55. The fourth-order valence-electron chi connectivity index (χ4n) is 1.65. The lowest BCUT2D eigenvalue weighted by Gasteiger charge is -2.19. The van der Waals surface area contributed by atoms with E-state index in [0.717, 1.165) is 24.0 Å². The van der Waals surface area contributed by atoms with Gasteiger partial charge >= 0.3 is 0 Å². The van der Waals surface area contributed by atoms with Gasteiger partial charge in [0, 0.05) is 17.6 Å². The van der Waals surface area contributed by atoms with Crippen LogP contribution < -0.4 is 0 Å². The highest BCUT2D eigenvalue weighted by Crippen LogP contribution is 2.13. The summed E-state index contributed by atoms with van der Waals surface area (Å²) in [4.78, 5) is 2.19. The van der Waals surface area contributed by atoms with E-state index < -0.39 is 0 Å². The van der Waals surface area contributed by atoms with Crippen LogP contribution in [-0.4, -0.2) is 18.5 Å². The van der Waals surface area contributed by atoms with E-state index in [2.05, 4.69) is 53.0 Å². The Hall–Kier alpha value is -0.850. The van der Waals surface area contributed by atoms with Crippen LogP contribution in [0.5, 0.6) is 0 Å². The third-order valence-corrected chi connectivity index (χ3v) is 3.04. The van der Waals surface area contributed by atoms with Crippen molar-refractivity contribution in [1.29, 1.82) is 5.26 Å². The van der Waals surface area contributed by atoms with Gasteiger partial charge in [-0.25, -0.2) is 0 Å². The average Bonchev–Trinajstić information content (AvgIpc) is 2.26. The van der Waals surface area contributed by atoms with E-state index in [1.54, 1.807) is 0 Å². The monoisotopic (exact) mass is 280 g/mol. The minimum atomic E-state index is 0.136. The lowest BCUT2D eigenvalue weighted by molar-refractivity contribution is 0.292. The Morgan fingerprint density at radius 1 is 1.50 bits per heavy atom. The van der Waals surface area contributed by atoms with Crippen LogP contribution in [0.2, 0.25) is 0 Å². The molecule has 1 aromatic carbocycles. The molecule has 0 bridgehead atoms. The zero-order chi connectivity index (χ0) is 12.0. The van der Waals surface area contributed by atoms with Gasteiger partial charge in [0.25, 0.3) is 0 Å². The van der Waals surface area contributed by atoms with Crippen LogP contribution in [0.25, 0.3) is 0 Å². The molecule has 0 heterocycles. The summed E-state index contributed by atoms with van der Waals surface area (Å²) in [7, 11) is 2.06. The van der Waals surface area contributed by atoms with Crippen LogP contribution in [0.3, 0.4) is 0 Å². The van der Waals surface area contributed by atoms with Crippen molar-refractivity contribution >= 4 is 15.9 Å². The minimum Gasteiger partial charge on any atom is -0.301 e. The summed E-state index contributed by atoms with van der Waals surface area (Å²) in [5, 5.41) is 8.90. The standard InChI is InChI=1S/C13H17BrN2/c1-3-11(8-15)9-16(2)10-12-5-4-6-13(14)7-12/h4-7,11H,3,9-10H2,1-2H3. The van der Waals surface area contributed by atoms with Gasteiger partial charge in [0.2, 0.25) is 0 Å². The Morgan fingerprint density at radius 3 is 2.81 bits per heavy atom. The van der Waals surface area contributed by atoms with Crippen molar-refractivity contribution in [2.45, 2.75) is 19.9 Å². The molecule has 0 aliphatic carbocycles. The quantitative estimate of drug-likeness (QED) is 0.826. The maximum Gasteiger partial charge on any atom is 0.0669 e. The first-order valence-corrected chi connectivity index (χ1v) is 6.27. The van der Waals surface area contributed by atoms with Gasteiger partial charge in [0.15, 0.2) is 0 Å². The molecule has 1 atom stereocenters. The third kappa shape index (κ3) is 4.34. The summed E-state index contributed by atoms with van der Waals surface area (Å²) in [5.74, 6) is 0.136. The average molecular weight is 281 g/mol.